The number of ether oxygens (including phenoxy) is 4. The summed E-state index contributed by atoms with van der Waals surface area (Å²) in [5.41, 5.74) is 7.13. The molecule has 0 radical (unpaired) electrons. The van der Waals surface area contributed by atoms with Crippen molar-refractivity contribution in [3.63, 3.8) is 0 Å². The van der Waals surface area contributed by atoms with Crippen LogP contribution in [0.2, 0.25) is 0 Å². The number of nitrogens with two attached hydrogens (primary N) is 1. The van der Waals surface area contributed by atoms with Crippen LogP contribution in [-0.4, -0.2) is 38.9 Å². The Hall–Kier alpha value is -2.48. The van der Waals surface area contributed by atoms with Crippen molar-refractivity contribution in [3.05, 3.63) is 47.5 Å². The third kappa shape index (κ3) is 5.06. The van der Waals surface area contributed by atoms with Gasteiger partial charge in [0.25, 0.3) is 5.91 Å². The van der Waals surface area contributed by atoms with E-state index in [0.29, 0.717) is 53.7 Å². The van der Waals surface area contributed by atoms with E-state index in [0.717, 1.165) is 24.8 Å². The largest absolute Gasteiger partial charge is 0.496 e. The highest BCUT2D eigenvalue weighted by Gasteiger charge is 2.40. The number of rotatable bonds is 8. The van der Waals surface area contributed by atoms with Crippen LogP contribution in [-0.2, 0) is 11.3 Å². The highest BCUT2D eigenvalue weighted by molar-refractivity contribution is 5.94. The van der Waals surface area contributed by atoms with E-state index in [4.69, 9.17) is 24.7 Å². The predicted molar refractivity (Wildman–Crippen MR) is 120 cm³/mol. The number of hydrogen-bond acceptors (Lipinski definition) is 6. The molecule has 31 heavy (non-hydrogen) atoms. The maximum atomic E-state index is 12.7. The molecule has 7 nitrogen and oxygen atoms in total. The molecular weight excluding hydrogens is 420 g/mol. The molecule has 168 valence electrons. The van der Waals surface area contributed by atoms with E-state index in [1.165, 1.54) is 0 Å². The van der Waals surface area contributed by atoms with Gasteiger partial charge in [-0.25, -0.2) is 0 Å². The minimum atomic E-state index is -0.138. The standard InChI is InChI=1S/C23H28N2O5.ClH/c1-27-20-7-4-14(23(26)25-13-16-9-17-6-8-19(16)29-17)10-22(20)30-18-5-3-15(12-24)21(11-18)28-2;/h3-5,7,10-11,16-17,19H,6,8-9,12-13,24H2,1-2H3,(H,25,26);1H/t16-,17-,19+;/m0./s1. The monoisotopic (exact) mass is 448 g/mol. The van der Waals surface area contributed by atoms with Crippen LogP contribution in [0.15, 0.2) is 36.4 Å². The Morgan fingerprint density at radius 3 is 2.55 bits per heavy atom. The molecule has 8 heteroatoms. The summed E-state index contributed by atoms with van der Waals surface area (Å²) in [6, 6.07) is 10.6. The van der Waals surface area contributed by atoms with E-state index in [-0.39, 0.29) is 24.4 Å². The van der Waals surface area contributed by atoms with Gasteiger partial charge in [0, 0.05) is 36.2 Å². The minimum Gasteiger partial charge on any atom is -0.496 e. The summed E-state index contributed by atoms with van der Waals surface area (Å²) >= 11 is 0. The van der Waals surface area contributed by atoms with E-state index in [2.05, 4.69) is 5.32 Å². The zero-order chi connectivity index (χ0) is 21.1. The first kappa shape index (κ1) is 23.2. The molecule has 4 rings (SSSR count). The van der Waals surface area contributed by atoms with E-state index in [1.807, 2.05) is 12.1 Å². The molecule has 0 aromatic heterocycles. The molecule has 2 fully saturated rings. The van der Waals surface area contributed by atoms with Gasteiger partial charge < -0.3 is 30.0 Å². The molecule has 0 aliphatic carbocycles. The zero-order valence-corrected chi connectivity index (χ0v) is 18.6. The van der Waals surface area contributed by atoms with Crippen LogP contribution in [0, 0.1) is 5.92 Å². The number of nitrogens with one attached hydrogen (secondary N) is 1. The fourth-order valence-electron chi connectivity index (χ4n) is 4.27. The van der Waals surface area contributed by atoms with Crippen molar-refractivity contribution >= 4 is 18.3 Å². The zero-order valence-electron chi connectivity index (χ0n) is 17.8. The Balaban J connectivity index is 0.00000272. The second-order valence-electron chi connectivity index (χ2n) is 7.73. The molecular formula is C23H29ClN2O5. The third-order valence-corrected chi connectivity index (χ3v) is 5.89. The number of amides is 1. The van der Waals surface area contributed by atoms with Gasteiger partial charge in [0.05, 0.1) is 26.4 Å². The molecule has 1 amide bonds. The molecule has 2 aliphatic heterocycles. The fraction of sp³-hybridized carbons (Fsp3) is 0.435. The quantitative estimate of drug-likeness (QED) is 0.640. The van der Waals surface area contributed by atoms with Crippen LogP contribution >= 0.6 is 12.4 Å². The summed E-state index contributed by atoms with van der Waals surface area (Å²) in [6.45, 7) is 0.996. The smallest absolute Gasteiger partial charge is 0.251 e. The average molecular weight is 449 g/mol. The highest BCUT2D eigenvalue weighted by Crippen LogP contribution is 2.38. The Morgan fingerprint density at radius 1 is 1.10 bits per heavy atom. The highest BCUT2D eigenvalue weighted by atomic mass is 35.5. The summed E-state index contributed by atoms with van der Waals surface area (Å²) in [6.07, 6.45) is 3.93. The Kier molecular flexibility index (Phi) is 7.64. The van der Waals surface area contributed by atoms with Gasteiger partial charge in [-0.1, -0.05) is 6.07 Å². The minimum absolute atomic E-state index is 0. The van der Waals surface area contributed by atoms with E-state index < -0.39 is 0 Å². The number of carbonyl (C=O) groups excluding carboxylic acids is 1. The van der Waals surface area contributed by atoms with Gasteiger partial charge in [0.15, 0.2) is 11.5 Å². The molecule has 2 bridgehead atoms. The van der Waals surface area contributed by atoms with Crippen molar-refractivity contribution < 1.29 is 23.7 Å². The molecule has 0 unspecified atom stereocenters. The van der Waals surface area contributed by atoms with Crippen LogP contribution < -0.4 is 25.3 Å². The van der Waals surface area contributed by atoms with Crippen molar-refractivity contribution in [2.75, 3.05) is 20.8 Å². The maximum Gasteiger partial charge on any atom is 0.251 e. The van der Waals surface area contributed by atoms with E-state index in [9.17, 15) is 4.79 Å². The first-order valence-corrected chi connectivity index (χ1v) is 10.3. The Bertz CT molecular complexity index is 923. The molecule has 2 heterocycles. The van der Waals surface area contributed by atoms with Crippen molar-refractivity contribution in [1.29, 1.82) is 0 Å². The number of methoxy groups -OCH3 is 2. The van der Waals surface area contributed by atoms with Gasteiger partial charge in [-0.15, -0.1) is 12.4 Å². The van der Waals surface area contributed by atoms with Crippen LogP contribution in [0.25, 0.3) is 0 Å². The summed E-state index contributed by atoms with van der Waals surface area (Å²) in [4.78, 5) is 12.7. The van der Waals surface area contributed by atoms with Crippen LogP contribution in [0.1, 0.15) is 35.2 Å². The summed E-state index contributed by atoms with van der Waals surface area (Å²) in [7, 11) is 3.15. The molecule has 2 saturated heterocycles. The van der Waals surface area contributed by atoms with Gasteiger partial charge in [-0.3, -0.25) is 4.79 Å². The van der Waals surface area contributed by atoms with Gasteiger partial charge in [-0.05, 0) is 43.5 Å². The third-order valence-electron chi connectivity index (χ3n) is 5.89. The predicted octanol–water partition coefficient (Wildman–Crippen LogP) is 3.67. The molecule has 2 aliphatic rings. The second kappa shape index (κ2) is 10.2. The lowest BCUT2D eigenvalue weighted by atomic mass is 9.89. The van der Waals surface area contributed by atoms with Crippen LogP contribution in [0.4, 0.5) is 0 Å². The van der Waals surface area contributed by atoms with Crippen LogP contribution in [0.5, 0.6) is 23.0 Å². The Labute approximate surface area is 188 Å². The normalized spacial score (nSPS) is 21.3. The van der Waals surface area contributed by atoms with Crippen molar-refractivity contribution in [2.45, 2.75) is 38.0 Å². The number of carbonyl (C=O) groups is 1. The number of benzene rings is 2. The van der Waals surface area contributed by atoms with Crippen molar-refractivity contribution in [2.24, 2.45) is 11.7 Å². The van der Waals surface area contributed by atoms with Gasteiger partial charge >= 0.3 is 0 Å². The lowest BCUT2D eigenvalue weighted by Gasteiger charge is -2.19. The number of fused-ring (bicyclic) bond motifs is 2. The summed E-state index contributed by atoms with van der Waals surface area (Å²) in [5, 5.41) is 3.04. The molecule has 2 aromatic rings. The lowest BCUT2D eigenvalue weighted by Crippen LogP contribution is -2.33. The van der Waals surface area contributed by atoms with Gasteiger partial charge in [-0.2, -0.15) is 0 Å². The first-order valence-electron chi connectivity index (χ1n) is 10.3. The molecule has 2 aromatic carbocycles. The number of hydrogen-bond donors (Lipinski definition) is 2. The second-order valence-corrected chi connectivity index (χ2v) is 7.73. The van der Waals surface area contributed by atoms with Crippen molar-refractivity contribution in [1.82, 2.24) is 5.32 Å². The lowest BCUT2D eigenvalue weighted by molar-refractivity contribution is 0.0873. The van der Waals surface area contributed by atoms with Gasteiger partial charge in [0.1, 0.15) is 11.5 Å². The van der Waals surface area contributed by atoms with Gasteiger partial charge in [0.2, 0.25) is 0 Å². The summed E-state index contributed by atoms with van der Waals surface area (Å²) in [5.74, 6) is 2.47. The molecule has 3 atom stereocenters. The maximum absolute atomic E-state index is 12.7. The first-order chi connectivity index (χ1) is 14.6. The van der Waals surface area contributed by atoms with E-state index >= 15 is 0 Å². The average Bonchev–Trinajstić information content (AvgIpc) is 3.40. The van der Waals surface area contributed by atoms with Crippen LogP contribution in [0.3, 0.4) is 0 Å². The Morgan fingerprint density at radius 2 is 1.90 bits per heavy atom. The molecule has 3 N–H and O–H groups in total. The number of halogens is 1. The van der Waals surface area contributed by atoms with E-state index in [1.54, 1.807) is 38.5 Å². The van der Waals surface area contributed by atoms with Crippen molar-refractivity contribution in [3.8, 4) is 23.0 Å². The topological polar surface area (TPSA) is 92.0 Å². The molecule has 0 saturated carbocycles. The molecule has 0 spiro atoms. The SMILES string of the molecule is COc1cc(Oc2cc(C(=O)NC[C@@H]3C[C@@H]4CC[C@H]3O4)ccc2OC)ccc1CN.Cl. The summed E-state index contributed by atoms with van der Waals surface area (Å²) < 4.78 is 22.6. The fourth-order valence-corrected chi connectivity index (χ4v) is 4.27.